The van der Waals surface area contributed by atoms with Crippen molar-refractivity contribution in [3.05, 3.63) is 71.8 Å². The van der Waals surface area contributed by atoms with Crippen LogP contribution in [-0.4, -0.2) is 25.9 Å². The minimum absolute atomic E-state index is 0. The minimum atomic E-state index is -5.54. The maximum absolute atomic E-state index is 11.8. The Labute approximate surface area is 179 Å². The van der Waals surface area contributed by atoms with Gasteiger partial charge in [-0.2, -0.15) is 0 Å². The van der Waals surface area contributed by atoms with E-state index in [9.17, 15) is 25.9 Å². The first-order valence-corrected chi connectivity index (χ1v) is 8.55. The summed E-state index contributed by atoms with van der Waals surface area (Å²) in [4.78, 5) is 0. The normalized spacial score (nSPS) is 11.9. The molecular weight excluding hydrogens is 362 g/mol. The SMILES string of the molecule is O=S(=O)([O-])C(c1ccccc1)(c1ccccc1)S(=O)(=O)[O-].[Na+].[Na+]. The van der Waals surface area contributed by atoms with Gasteiger partial charge in [0.05, 0.1) is 0 Å². The molecule has 0 aliphatic carbocycles. The van der Waals surface area contributed by atoms with Crippen LogP contribution in [0.4, 0.5) is 0 Å². The van der Waals surface area contributed by atoms with Gasteiger partial charge in [0.15, 0.2) is 4.08 Å². The number of rotatable bonds is 4. The third-order valence-corrected chi connectivity index (χ3v) is 6.59. The molecule has 0 N–H and O–H groups in total. The maximum Gasteiger partial charge on any atom is 1.00 e. The predicted molar refractivity (Wildman–Crippen MR) is 73.1 cm³/mol. The van der Waals surface area contributed by atoms with Gasteiger partial charge in [0.2, 0.25) is 0 Å². The number of benzene rings is 2. The molecule has 0 amide bonds. The Balaban J connectivity index is 0.00000242. The first kappa shape index (κ1) is 23.3. The molecule has 0 radical (unpaired) electrons. The topological polar surface area (TPSA) is 114 Å². The van der Waals surface area contributed by atoms with Crippen LogP contribution >= 0.6 is 0 Å². The second-order valence-electron chi connectivity index (χ2n) is 4.26. The van der Waals surface area contributed by atoms with Crippen LogP contribution < -0.4 is 59.1 Å². The van der Waals surface area contributed by atoms with Crippen LogP contribution in [0.2, 0.25) is 0 Å². The summed E-state index contributed by atoms with van der Waals surface area (Å²) in [6.45, 7) is 0. The number of hydrogen-bond acceptors (Lipinski definition) is 6. The molecule has 6 nitrogen and oxygen atoms in total. The Morgan fingerprint density at radius 3 is 1.09 bits per heavy atom. The molecule has 2 aromatic carbocycles. The van der Waals surface area contributed by atoms with Crippen LogP contribution in [0.1, 0.15) is 11.1 Å². The molecular formula is C13H10Na2O6S2. The van der Waals surface area contributed by atoms with Crippen molar-refractivity contribution in [2.24, 2.45) is 0 Å². The molecule has 10 heteroatoms. The first-order valence-electron chi connectivity index (χ1n) is 5.73. The summed E-state index contributed by atoms with van der Waals surface area (Å²) in [5, 5.41) is 0. The fourth-order valence-corrected chi connectivity index (χ4v) is 4.88. The van der Waals surface area contributed by atoms with Crippen molar-refractivity contribution in [3.63, 3.8) is 0 Å². The minimum Gasteiger partial charge on any atom is -0.746 e. The van der Waals surface area contributed by atoms with Gasteiger partial charge in [0.25, 0.3) is 0 Å². The maximum atomic E-state index is 11.8. The molecule has 0 aliphatic heterocycles. The molecule has 2 rings (SSSR count). The Morgan fingerprint density at radius 1 is 0.609 bits per heavy atom. The van der Waals surface area contributed by atoms with E-state index in [0.717, 1.165) is 24.3 Å². The van der Waals surface area contributed by atoms with E-state index in [1.165, 1.54) is 36.4 Å². The van der Waals surface area contributed by atoms with Gasteiger partial charge < -0.3 is 9.11 Å². The van der Waals surface area contributed by atoms with Gasteiger partial charge in [0, 0.05) is 0 Å². The average Bonchev–Trinajstić information content (AvgIpc) is 2.38. The van der Waals surface area contributed by atoms with Gasteiger partial charge in [-0.1, -0.05) is 60.7 Å². The van der Waals surface area contributed by atoms with Crippen LogP contribution in [0.15, 0.2) is 60.7 Å². The van der Waals surface area contributed by atoms with Crippen molar-refractivity contribution in [1.29, 1.82) is 0 Å². The molecule has 23 heavy (non-hydrogen) atoms. The van der Waals surface area contributed by atoms with Crippen molar-refractivity contribution in [1.82, 2.24) is 0 Å². The zero-order valence-corrected chi connectivity index (χ0v) is 18.2. The summed E-state index contributed by atoms with van der Waals surface area (Å²) in [5.74, 6) is 0. The first-order chi connectivity index (χ1) is 9.71. The Hall–Kier alpha value is 0.260. The van der Waals surface area contributed by atoms with Gasteiger partial charge in [-0.15, -0.1) is 0 Å². The average molecular weight is 372 g/mol. The Morgan fingerprint density at radius 2 is 0.870 bits per heavy atom. The van der Waals surface area contributed by atoms with Crippen molar-refractivity contribution < 1.29 is 85.1 Å². The van der Waals surface area contributed by atoms with E-state index < -0.39 is 35.4 Å². The molecule has 0 aliphatic rings. The Bertz CT molecular complexity index is 763. The summed E-state index contributed by atoms with van der Waals surface area (Å²) < 4.78 is 67.4. The molecule has 2 aromatic rings. The van der Waals surface area contributed by atoms with Gasteiger partial charge >= 0.3 is 59.1 Å². The van der Waals surface area contributed by atoms with E-state index in [0.29, 0.717) is 0 Å². The van der Waals surface area contributed by atoms with E-state index in [2.05, 4.69) is 0 Å². The number of hydrogen-bond donors (Lipinski definition) is 0. The van der Waals surface area contributed by atoms with Crippen LogP contribution in [0.3, 0.4) is 0 Å². The summed E-state index contributed by atoms with van der Waals surface area (Å²) in [5.41, 5.74) is -0.803. The molecule has 112 valence electrons. The van der Waals surface area contributed by atoms with Gasteiger partial charge in [-0.05, 0) is 11.1 Å². The van der Waals surface area contributed by atoms with E-state index in [1.54, 1.807) is 0 Å². The molecule has 0 saturated heterocycles. The smallest absolute Gasteiger partial charge is 0.746 e. The van der Waals surface area contributed by atoms with Gasteiger partial charge in [-0.25, -0.2) is 16.8 Å². The molecule has 0 heterocycles. The molecule has 0 bridgehead atoms. The predicted octanol–water partition coefficient (Wildman–Crippen LogP) is -5.01. The zero-order valence-electron chi connectivity index (χ0n) is 12.5. The molecule has 0 atom stereocenters. The summed E-state index contributed by atoms with van der Waals surface area (Å²) in [7, 11) is -11.1. The standard InChI is InChI=1S/C13H12O6S2.2Na/c14-20(15,16)13(21(17,18)19,11-7-3-1-4-8-11)12-9-5-2-6-10-12;;/h1-10H,(H,14,15,16)(H,17,18,19);;/q;2*+1/p-2. The largest absolute Gasteiger partial charge is 1.00 e. The molecule has 0 spiro atoms. The molecule has 0 unspecified atom stereocenters. The van der Waals surface area contributed by atoms with Crippen LogP contribution in [0.25, 0.3) is 0 Å². The van der Waals surface area contributed by atoms with Crippen molar-refractivity contribution in [3.8, 4) is 0 Å². The zero-order chi connectivity index (χ0) is 15.7. The molecule has 0 saturated carbocycles. The fourth-order valence-electron chi connectivity index (χ4n) is 2.18. The quantitative estimate of drug-likeness (QED) is 0.392. The third kappa shape index (κ3) is 4.27. The third-order valence-electron chi connectivity index (χ3n) is 3.01. The Kier molecular flexibility index (Phi) is 8.67. The summed E-state index contributed by atoms with van der Waals surface area (Å²) in [6.07, 6.45) is 0. The van der Waals surface area contributed by atoms with Gasteiger partial charge in [-0.3, -0.25) is 0 Å². The fraction of sp³-hybridized carbons (Fsp3) is 0.0769. The summed E-state index contributed by atoms with van der Waals surface area (Å²) in [6, 6.07) is 12.9. The van der Waals surface area contributed by atoms with Gasteiger partial charge in [0.1, 0.15) is 20.2 Å². The van der Waals surface area contributed by atoms with Crippen LogP contribution in [0.5, 0.6) is 0 Å². The van der Waals surface area contributed by atoms with Crippen molar-refractivity contribution in [2.75, 3.05) is 0 Å². The summed E-state index contributed by atoms with van der Waals surface area (Å²) >= 11 is 0. The second-order valence-corrected chi connectivity index (χ2v) is 7.56. The van der Waals surface area contributed by atoms with Crippen molar-refractivity contribution >= 4 is 20.2 Å². The van der Waals surface area contributed by atoms with E-state index in [4.69, 9.17) is 0 Å². The van der Waals surface area contributed by atoms with Crippen molar-refractivity contribution in [2.45, 2.75) is 4.08 Å². The second kappa shape index (κ2) is 8.57. The molecule has 0 aromatic heterocycles. The van der Waals surface area contributed by atoms with E-state index >= 15 is 0 Å². The van der Waals surface area contributed by atoms with E-state index in [1.807, 2.05) is 0 Å². The van der Waals surface area contributed by atoms with Crippen LogP contribution in [-0.2, 0) is 24.3 Å². The monoisotopic (exact) mass is 372 g/mol. The molecule has 0 fully saturated rings. The van der Waals surface area contributed by atoms with E-state index in [-0.39, 0.29) is 59.1 Å². The van der Waals surface area contributed by atoms with Crippen LogP contribution in [0, 0.1) is 0 Å².